The molecule has 120 valence electrons. The Labute approximate surface area is 139 Å². The Morgan fingerprint density at radius 2 is 2.14 bits per heavy atom. The third kappa shape index (κ3) is 3.89. The summed E-state index contributed by atoms with van der Waals surface area (Å²) < 4.78 is 2.99. The van der Waals surface area contributed by atoms with Crippen LogP contribution in [-0.2, 0) is 6.54 Å². The fourth-order valence-electron chi connectivity index (χ4n) is 2.35. The lowest BCUT2D eigenvalue weighted by Crippen LogP contribution is -2.05. The number of Topliss-reactive ketones (excluding diaryl/α,β-unsaturated/α-hetero) is 1. The number of thioether (sulfide) groups is 1. The molecule has 2 aromatic rings. The Kier molecular flexibility index (Phi) is 6.02. The van der Waals surface area contributed by atoms with Crippen molar-refractivity contribution in [3.63, 3.8) is 0 Å². The third-order valence-electron chi connectivity index (χ3n) is 3.45. The predicted molar refractivity (Wildman–Crippen MR) is 93.3 cm³/mol. The van der Waals surface area contributed by atoms with Gasteiger partial charge in [-0.15, -0.1) is 10.2 Å². The van der Waals surface area contributed by atoms with Gasteiger partial charge in [-0.25, -0.2) is 0 Å². The van der Waals surface area contributed by atoms with Crippen molar-refractivity contribution in [1.29, 1.82) is 0 Å². The minimum absolute atomic E-state index is 0.149. The minimum Gasteiger partial charge on any atom is -0.360 e. The van der Waals surface area contributed by atoms with Gasteiger partial charge in [0.15, 0.2) is 10.1 Å². The molecule has 0 spiro atoms. The normalized spacial score (nSPS) is 10.9. The molecule has 0 radical (unpaired) electrons. The lowest BCUT2D eigenvalue weighted by Gasteiger charge is -2.05. The van der Waals surface area contributed by atoms with E-state index in [-0.39, 0.29) is 5.78 Å². The van der Waals surface area contributed by atoms with E-state index >= 15 is 0 Å². The highest BCUT2D eigenvalue weighted by atomic mass is 32.2. The summed E-state index contributed by atoms with van der Waals surface area (Å²) in [5.74, 6) is 0.548. The topological polar surface area (TPSA) is 59.8 Å². The molecule has 0 amide bonds. The number of hydrogen-bond acceptors (Lipinski definition) is 6. The highest BCUT2D eigenvalue weighted by Crippen LogP contribution is 2.27. The first-order chi connectivity index (χ1) is 10.6. The first-order valence-corrected chi connectivity index (χ1v) is 9.27. The number of rotatable bonds is 8. The molecule has 0 aliphatic rings. The van der Waals surface area contributed by atoms with Gasteiger partial charge in [0, 0.05) is 30.0 Å². The average molecular weight is 339 g/mol. The van der Waals surface area contributed by atoms with Crippen LogP contribution in [0.2, 0.25) is 0 Å². The van der Waals surface area contributed by atoms with Crippen molar-refractivity contribution in [3.8, 4) is 0 Å². The van der Waals surface area contributed by atoms with Crippen LogP contribution in [0.25, 0.3) is 0 Å². The fraction of sp³-hybridized carbons (Fsp3) is 0.533. The van der Waals surface area contributed by atoms with Crippen LogP contribution in [-0.4, -0.2) is 32.8 Å². The van der Waals surface area contributed by atoms with Gasteiger partial charge in [0.2, 0.25) is 5.13 Å². The summed E-state index contributed by atoms with van der Waals surface area (Å²) in [5.41, 5.74) is 3.00. The molecule has 0 fully saturated rings. The molecule has 2 heterocycles. The standard InChI is InChI=1S/C15H22N4OS2/c1-5-7-16-14-17-18-15(22-14)21-9-13(20)12-8-10(3)19(6-2)11(12)4/h8H,5-7,9H2,1-4H3,(H,16,17). The summed E-state index contributed by atoms with van der Waals surface area (Å²) in [4.78, 5) is 12.4. The third-order valence-corrected chi connectivity index (χ3v) is 5.46. The molecular formula is C15H22N4OS2. The molecule has 0 aliphatic carbocycles. The lowest BCUT2D eigenvalue weighted by molar-refractivity contribution is 0.102. The molecule has 1 N–H and O–H groups in total. The highest BCUT2D eigenvalue weighted by molar-refractivity contribution is 8.01. The monoisotopic (exact) mass is 338 g/mol. The van der Waals surface area contributed by atoms with Crippen LogP contribution in [0.4, 0.5) is 5.13 Å². The zero-order valence-corrected chi connectivity index (χ0v) is 15.1. The molecule has 7 heteroatoms. The van der Waals surface area contributed by atoms with E-state index in [2.05, 4.69) is 33.9 Å². The Morgan fingerprint density at radius 1 is 1.36 bits per heavy atom. The van der Waals surface area contributed by atoms with Crippen LogP contribution in [0.15, 0.2) is 10.4 Å². The SMILES string of the molecule is CCCNc1nnc(SCC(=O)c2cc(C)n(CC)c2C)s1. The summed E-state index contributed by atoms with van der Waals surface area (Å²) in [6.07, 6.45) is 1.05. The number of nitrogens with one attached hydrogen (secondary N) is 1. The van der Waals surface area contributed by atoms with Crippen LogP contribution in [0.5, 0.6) is 0 Å². The van der Waals surface area contributed by atoms with Gasteiger partial charge < -0.3 is 9.88 Å². The molecule has 22 heavy (non-hydrogen) atoms. The van der Waals surface area contributed by atoms with E-state index < -0.39 is 0 Å². The second kappa shape index (κ2) is 7.78. The average Bonchev–Trinajstić information content (AvgIpc) is 3.07. The van der Waals surface area contributed by atoms with E-state index in [1.807, 2.05) is 19.9 Å². The summed E-state index contributed by atoms with van der Waals surface area (Å²) in [7, 11) is 0. The van der Waals surface area contributed by atoms with Gasteiger partial charge in [0.1, 0.15) is 0 Å². The van der Waals surface area contributed by atoms with Crippen molar-refractivity contribution >= 4 is 34.0 Å². The predicted octanol–water partition coefficient (Wildman–Crippen LogP) is 3.77. The summed E-state index contributed by atoms with van der Waals surface area (Å²) >= 11 is 2.95. The van der Waals surface area contributed by atoms with Gasteiger partial charge in [-0.05, 0) is 33.3 Å². The Hall–Kier alpha value is -1.34. The van der Waals surface area contributed by atoms with E-state index in [0.29, 0.717) is 5.75 Å². The van der Waals surface area contributed by atoms with Crippen molar-refractivity contribution in [1.82, 2.24) is 14.8 Å². The summed E-state index contributed by atoms with van der Waals surface area (Å²) in [6.45, 7) is 10.0. The number of ketones is 1. The molecule has 2 rings (SSSR count). The van der Waals surface area contributed by atoms with Crippen LogP contribution in [0, 0.1) is 13.8 Å². The molecule has 0 aliphatic heterocycles. The van der Waals surface area contributed by atoms with E-state index in [1.165, 1.54) is 23.1 Å². The molecule has 0 atom stereocenters. The van der Waals surface area contributed by atoms with E-state index in [0.717, 1.165) is 45.9 Å². The Balaban J connectivity index is 1.96. The lowest BCUT2D eigenvalue weighted by atomic mass is 10.2. The first kappa shape index (κ1) is 17.0. The Bertz CT molecular complexity index is 648. The molecule has 0 saturated heterocycles. The second-order valence-electron chi connectivity index (χ2n) is 5.04. The van der Waals surface area contributed by atoms with Gasteiger partial charge >= 0.3 is 0 Å². The largest absolute Gasteiger partial charge is 0.360 e. The van der Waals surface area contributed by atoms with Gasteiger partial charge in [-0.3, -0.25) is 4.79 Å². The maximum absolute atomic E-state index is 12.4. The zero-order chi connectivity index (χ0) is 16.1. The molecule has 0 bridgehead atoms. The molecule has 0 saturated carbocycles. The smallest absolute Gasteiger partial charge is 0.206 e. The number of aryl methyl sites for hydroxylation is 1. The summed E-state index contributed by atoms with van der Waals surface area (Å²) in [5, 5.41) is 12.2. The molecule has 5 nitrogen and oxygen atoms in total. The number of aromatic nitrogens is 3. The van der Waals surface area contributed by atoms with Crippen LogP contribution in [0.1, 0.15) is 42.0 Å². The fourth-order valence-corrected chi connectivity index (χ4v) is 4.01. The number of anilines is 1. The van der Waals surface area contributed by atoms with Crippen molar-refractivity contribution in [3.05, 3.63) is 23.0 Å². The van der Waals surface area contributed by atoms with Gasteiger partial charge in [-0.2, -0.15) is 0 Å². The van der Waals surface area contributed by atoms with Crippen molar-refractivity contribution < 1.29 is 4.79 Å². The minimum atomic E-state index is 0.149. The summed E-state index contributed by atoms with van der Waals surface area (Å²) in [6, 6.07) is 1.98. The number of nitrogens with zero attached hydrogens (tertiary/aromatic N) is 3. The zero-order valence-electron chi connectivity index (χ0n) is 13.5. The molecular weight excluding hydrogens is 316 g/mol. The maximum atomic E-state index is 12.4. The second-order valence-corrected chi connectivity index (χ2v) is 7.24. The van der Waals surface area contributed by atoms with Gasteiger partial charge in [0.05, 0.1) is 5.75 Å². The van der Waals surface area contributed by atoms with E-state index in [4.69, 9.17) is 0 Å². The van der Waals surface area contributed by atoms with Crippen molar-refractivity contribution in [2.75, 3.05) is 17.6 Å². The van der Waals surface area contributed by atoms with Gasteiger partial charge in [-0.1, -0.05) is 30.0 Å². The van der Waals surface area contributed by atoms with Crippen molar-refractivity contribution in [2.24, 2.45) is 0 Å². The van der Waals surface area contributed by atoms with Crippen LogP contribution >= 0.6 is 23.1 Å². The van der Waals surface area contributed by atoms with Crippen molar-refractivity contribution in [2.45, 2.75) is 45.0 Å². The first-order valence-electron chi connectivity index (χ1n) is 7.46. The molecule has 0 aromatic carbocycles. The number of hydrogen-bond donors (Lipinski definition) is 1. The van der Waals surface area contributed by atoms with Crippen LogP contribution < -0.4 is 5.32 Å². The Morgan fingerprint density at radius 3 is 2.77 bits per heavy atom. The van der Waals surface area contributed by atoms with E-state index in [1.54, 1.807) is 0 Å². The quantitative estimate of drug-likeness (QED) is 0.586. The van der Waals surface area contributed by atoms with Crippen LogP contribution in [0.3, 0.4) is 0 Å². The van der Waals surface area contributed by atoms with Gasteiger partial charge in [0.25, 0.3) is 0 Å². The molecule has 0 unspecified atom stereocenters. The molecule has 2 aromatic heterocycles. The maximum Gasteiger partial charge on any atom is 0.206 e. The number of carbonyl (C=O) groups is 1. The number of carbonyl (C=O) groups excluding carboxylic acids is 1. The van der Waals surface area contributed by atoms with E-state index in [9.17, 15) is 4.79 Å². The highest BCUT2D eigenvalue weighted by Gasteiger charge is 2.16.